The molecule has 0 unspecified atom stereocenters. The second kappa shape index (κ2) is 9.07. The Morgan fingerprint density at radius 3 is 2.75 bits per heavy atom. The highest BCUT2D eigenvalue weighted by molar-refractivity contribution is 7.98. The Hall–Kier alpha value is -2.58. The molecule has 9 heteroatoms. The van der Waals surface area contributed by atoms with Gasteiger partial charge in [-0.15, -0.1) is 0 Å². The SMILES string of the molecule is CSc1nc(C)c(CCC(=O)NCc2cnn(-c3ccc(Cl)cc3)c2)c(=O)[nH]1. The van der Waals surface area contributed by atoms with E-state index in [0.717, 1.165) is 11.3 Å². The lowest BCUT2D eigenvalue weighted by Crippen LogP contribution is -2.25. The van der Waals surface area contributed by atoms with Crippen LogP contribution < -0.4 is 10.9 Å². The fourth-order valence-corrected chi connectivity index (χ4v) is 3.24. The summed E-state index contributed by atoms with van der Waals surface area (Å²) in [6.45, 7) is 2.15. The van der Waals surface area contributed by atoms with Crippen LogP contribution in [0.5, 0.6) is 0 Å². The average molecular weight is 418 g/mol. The first-order valence-electron chi connectivity index (χ1n) is 8.66. The number of thioether (sulfide) groups is 1. The number of benzene rings is 1. The molecule has 0 aliphatic carbocycles. The van der Waals surface area contributed by atoms with Gasteiger partial charge in [-0.05, 0) is 43.9 Å². The van der Waals surface area contributed by atoms with Gasteiger partial charge in [0.25, 0.3) is 5.56 Å². The fourth-order valence-electron chi connectivity index (χ4n) is 2.69. The molecule has 0 aliphatic heterocycles. The van der Waals surface area contributed by atoms with Crippen molar-refractivity contribution in [3.63, 3.8) is 0 Å². The highest BCUT2D eigenvalue weighted by Gasteiger charge is 2.11. The van der Waals surface area contributed by atoms with Crippen molar-refractivity contribution < 1.29 is 4.79 Å². The van der Waals surface area contributed by atoms with E-state index in [1.54, 1.807) is 29.9 Å². The van der Waals surface area contributed by atoms with Crippen LogP contribution in [0.2, 0.25) is 5.02 Å². The van der Waals surface area contributed by atoms with E-state index in [2.05, 4.69) is 20.4 Å². The minimum atomic E-state index is -0.186. The minimum Gasteiger partial charge on any atom is -0.352 e. The van der Waals surface area contributed by atoms with Crippen LogP contribution in [-0.2, 0) is 17.8 Å². The first kappa shape index (κ1) is 20.2. The Bertz CT molecular complexity index is 1030. The van der Waals surface area contributed by atoms with E-state index in [0.29, 0.717) is 34.4 Å². The molecule has 0 spiro atoms. The van der Waals surface area contributed by atoms with Gasteiger partial charge in [0.2, 0.25) is 5.91 Å². The van der Waals surface area contributed by atoms with Gasteiger partial charge in [0.15, 0.2) is 5.16 Å². The zero-order chi connectivity index (χ0) is 20.1. The monoisotopic (exact) mass is 417 g/mol. The Morgan fingerprint density at radius 1 is 1.32 bits per heavy atom. The Balaban J connectivity index is 1.54. The molecule has 0 bridgehead atoms. The number of hydrogen-bond acceptors (Lipinski definition) is 5. The summed E-state index contributed by atoms with van der Waals surface area (Å²) in [6.07, 6.45) is 5.96. The summed E-state index contributed by atoms with van der Waals surface area (Å²) < 4.78 is 1.72. The third kappa shape index (κ3) is 5.02. The van der Waals surface area contributed by atoms with Gasteiger partial charge in [-0.25, -0.2) is 9.67 Å². The number of rotatable bonds is 7. The van der Waals surface area contributed by atoms with E-state index in [-0.39, 0.29) is 17.9 Å². The molecule has 3 aromatic rings. The van der Waals surface area contributed by atoms with Gasteiger partial charge in [-0.3, -0.25) is 9.59 Å². The van der Waals surface area contributed by atoms with Crippen molar-refractivity contribution in [1.29, 1.82) is 0 Å². The smallest absolute Gasteiger partial charge is 0.254 e. The second-order valence-corrected chi connectivity index (χ2v) is 7.42. The van der Waals surface area contributed by atoms with E-state index in [1.807, 2.05) is 24.6 Å². The first-order chi connectivity index (χ1) is 13.5. The van der Waals surface area contributed by atoms with Crippen molar-refractivity contribution in [2.45, 2.75) is 31.5 Å². The molecular formula is C19H20ClN5O2S. The standard InChI is InChI=1S/C19H20ClN5O2S/c1-12-16(18(27)24-19(23-12)28-2)7-8-17(26)21-9-13-10-22-25(11-13)15-5-3-14(20)4-6-15/h3-6,10-11H,7-9H2,1-2H3,(H,21,26)(H,23,24,27). The molecule has 0 radical (unpaired) electrons. The number of nitrogens with zero attached hydrogens (tertiary/aromatic N) is 3. The quantitative estimate of drug-likeness (QED) is 0.455. The predicted molar refractivity (Wildman–Crippen MR) is 110 cm³/mol. The predicted octanol–water partition coefficient (Wildman–Crippen LogP) is 2.89. The summed E-state index contributed by atoms with van der Waals surface area (Å²) in [5.74, 6) is -0.132. The number of aromatic amines is 1. The van der Waals surface area contributed by atoms with E-state index in [4.69, 9.17) is 11.6 Å². The Labute approximate surface area is 171 Å². The molecule has 7 nitrogen and oxygen atoms in total. The largest absolute Gasteiger partial charge is 0.352 e. The number of halogens is 1. The molecule has 0 fully saturated rings. The maximum atomic E-state index is 12.2. The van der Waals surface area contributed by atoms with Crippen LogP contribution in [0, 0.1) is 6.92 Å². The molecule has 2 aromatic heterocycles. The molecule has 2 N–H and O–H groups in total. The van der Waals surface area contributed by atoms with Crippen LogP contribution in [0.15, 0.2) is 46.6 Å². The van der Waals surface area contributed by atoms with E-state index in [9.17, 15) is 9.59 Å². The van der Waals surface area contributed by atoms with Gasteiger partial charge in [0.05, 0.1) is 11.9 Å². The molecule has 1 aromatic carbocycles. The van der Waals surface area contributed by atoms with Crippen LogP contribution in [0.1, 0.15) is 23.2 Å². The number of amides is 1. The topological polar surface area (TPSA) is 92.7 Å². The molecule has 2 heterocycles. The third-order valence-corrected chi connectivity index (χ3v) is 5.04. The molecular weight excluding hydrogens is 398 g/mol. The average Bonchev–Trinajstić information content (AvgIpc) is 3.15. The maximum absolute atomic E-state index is 12.2. The fraction of sp³-hybridized carbons (Fsp3) is 0.263. The first-order valence-corrected chi connectivity index (χ1v) is 10.3. The number of aryl methyl sites for hydroxylation is 1. The molecule has 0 saturated heterocycles. The summed E-state index contributed by atoms with van der Waals surface area (Å²) in [6, 6.07) is 7.33. The molecule has 146 valence electrons. The summed E-state index contributed by atoms with van der Waals surface area (Å²) in [5, 5.41) is 8.39. The lowest BCUT2D eigenvalue weighted by molar-refractivity contribution is -0.121. The highest BCUT2D eigenvalue weighted by Crippen LogP contribution is 2.13. The van der Waals surface area contributed by atoms with E-state index >= 15 is 0 Å². The number of H-pyrrole nitrogens is 1. The summed E-state index contributed by atoms with van der Waals surface area (Å²) in [4.78, 5) is 31.3. The van der Waals surface area contributed by atoms with Crippen molar-refractivity contribution in [2.75, 3.05) is 6.26 Å². The van der Waals surface area contributed by atoms with Crippen LogP contribution in [-0.4, -0.2) is 31.9 Å². The molecule has 0 saturated carbocycles. The lowest BCUT2D eigenvalue weighted by Gasteiger charge is -2.06. The van der Waals surface area contributed by atoms with Crippen molar-refractivity contribution in [3.05, 3.63) is 68.9 Å². The van der Waals surface area contributed by atoms with Crippen molar-refractivity contribution in [3.8, 4) is 5.69 Å². The van der Waals surface area contributed by atoms with Gasteiger partial charge < -0.3 is 10.3 Å². The number of carbonyl (C=O) groups is 1. The second-order valence-electron chi connectivity index (χ2n) is 6.19. The van der Waals surface area contributed by atoms with Crippen molar-refractivity contribution in [2.24, 2.45) is 0 Å². The van der Waals surface area contributed by atoms with Gasteiger partial charge in [-0.2, -0.15) is 5.10 Å². The van der Waals surface area contributed by atoms with Gasteiger partial charge in [0.1, 0.15) is 0 Å². The highest BCUT2D eigenvalue weighted by atomic mass is 35.5. The van der Waals surface area contributed by atoms with Crippen LogP contribution in [0.4, 0.5) is 0 Å². The van der Waals surface area contributed by atoms with Gasteiger partial charge in [-0.1, -0.05) is 23.4 Å². The molecule has 0 aliphatic rings. The van der Waals surface area contributed by atoms with Crippen LogP contribution in [0.25, 0.3) is 5.69 Å². The molecule has 0 atom stereocenters. The number of hydrogen-bond donors (Lipinski definition) is 2. The molecule has 1 amide bonds. The Morgan fingerprint density at radius 2 is 2.07 bits per heavy atom. The molecule has 28 heavy (non-hydrogen) atoms. The zero-order valence-corrected chi connectivity index (χ0v) is 17.1. The zero-order valence-electron chi connectivity index (χ0n) is 15.5. The van der Waals surface area contributed by atoms with Crippen molar-refractivity contribution in [1.82, 2.24) is 25.1 Å². The third-order valence-electron chi connectivity index (χ3n) is 4.21. The normalized spacial score (nSPS) is 10.8. The maximum Gasteiger partial charge on any atom is 0.254 e. The summed E-state index contributed by atoms with van der Waals surface area (Å²) >= 11 is 7.27. The Kier molecular flexibility index (Phi) is 6.53. The minimum absolute atomic E-state index is 0.132. The summed E-state index contributed by atoms with van der Waals surface area (Å²) in [7, 11) is 0. The van der Waals surface area contributed by atoms with Crippen LogP contribution in [0.3, 0.4) is 0 Å². The lowest BCUT2D eigenvalue weighted by atomic mass is 10.1. The molecule has 3 rings (SSSR count). The number of nitrogens with one attached hydrogen (secondary N) is 2. The van der Waals surface area contributed by atoms with Gasteiger partial charge in [0, 0.05) is 41.0 Å². The number of carbonyl (C=O) groups excluding carboxylic acids is 1. The van der Waals surface area contributed by atoms with E-state index in [1.165, 1.54) is 11.8 Å². The summed E-state index contributed by atoms with van der Waals surface area (Å²) in [5.41, 5.74) is 2.78. The van der Waals surface area contributed by atoms with Crippen LogP contribution >= 0.6 is 23.4 Å². The van der Waals surface area contributed by atoms with E-state index < -0.39 is 0 Å². The number of aromatic nitrogens is 4. The van der Waals surface area contributed by atoms with Crippen molar-refractivity contribution >= 4 is 29.3 Å². The van der Waals surface area contributed by atoms with Gasteiger partial charge >= 0.3 is 0 Å².